The van der Waals surface area contributed by atoms with Crippen molar-refractivity contribution < 1.29 is 24.2 Å². The van der Waals surface area contributed by atoms with E-state index >= 15 is 0 Å². The van der Waals surface area contributed by atoms with Gasteiger partial charge in [-0.2, -0.15) is 0 Å². The molecule has 11 heteroatoms. The number of likely N-dealkylation sites (tertiary alicyclic amines) is 1. The van der Waals surface area contributed by atoms with Crippen LogP contribution in [0, 0.1) is 0 Å². The lowest BCUT2D eigenvalue weighted by Gasteiger charge is -2.44. The third kappa shape index (κ3) is 3.64. The van der Waals surface area contributed by atoms with Gasteiger partial charge in [0, 0.05) is 42.9 Å². The number of pyridine rings is 1. The standard InChI is InChI=1S/C25H24N6O5/c1-35-21-4-2-3-15-18(32)12-17(26-22(15)21)24(34)31-9-7-25(8-10-31)13-19(33)16-11-14(5-6-20(16)36-25)23-27-29-30-28-23/h2-6,11-12,29-30H,7-10,13H2,1H3,(H,26,32)(H,27,28). The van der Waals surface area contributed by atoms with Gasteiger partial charge in [0.05, 0.1) is 19.1 Å². The van der Waals surface area contributed by atoms with Crippen LogP contribution in [0.3, 0.4) is 0 Å². The number of fused-ring (bicyclic) bond motifs is 2. The van der Waals surface area contributed by atoms with Crippen molar-refractivity contribution in [3.63, 3.8) is 0 Å². The quantitative estimate of drug-likeness (QED) is 0.435. The Kier molecular flexibility index (Phi) is 5.15. The van der Waals surface area contributed by atoms with Gasteiger partial charge in [-0.15, -0.1) is 10.6 Å². The van der Waals surface area contributed by atoms with Crippen molar-refractivity contribution in [1.29, 1.82) is 0 Å². The number of hydrogen-bond acceptors (Lipinski definition) is 10. The normalized spacial score (nSPS) is 18.2. The fraction of sp³-hybridized carbons (Fsp3) is 0.280. The number of ketones is 1. The highest BCUT2D eigenvalue weighted by atomic mass is 16.5. The summed E-state index contributed by atoms with van der Waals surface area (Å²) in [6, 6.07) is 12.0. The van der Waals surface area contributed by atoms with E-state index in [0.717, 1.165) is 5.56 Å². The molecule has 0 bridgehead atoms. The average molecular weight is 489 g/mol. The minimum Gasteiger partial charge on any atom is -0.507 e. The largest absolute Gasteiger partial charge is 0.507 e. The number of nitrogens with zero attached hydrogens (tertiary/aromatic N) is 3. The lowest BCUT2D eigenvalue weighted by Crippen LogP contribution is -2.52. The fourth-order valence-corrected chi connectivity index (χ4v) is 5.01. The molecule has 0 saturated carbocycles. The lowest BCUT2D eigenvalue weighted by molar-refractivity contribution is -0.00585. The Morgan fingerprint density at radius 1 is 1.19 bits per heavy atom. The van der Waals surface area contributed by atoms with E-state index in [-0.39, 0.29) is 29.6 Å². The van der Waals surface area contributed by atoms with Gasteiger partial charge >= 0.3 is 0 Å². The van der Waals surface area contributed by atoms with Crippen molar-refractivity contribution in [2.75, 3.05) is 20.2 Å². The lowest BCUT2D eigenvalue weighted by atomic mass is 9.82. The summed E-state index contributed by atoms with van der Waals surface area (Å²) in [5, 5.41) is 15.1. The van der Waals surface area contributed by atoms with Gasteiger partial charge in [0.15, 0.2) is 11.6 Å². The molecule has 6 rings (SSSR count). The molecule has 11 nitrogen and oxygen atoms in total. The van der Waals surface area contributed by atoms with Crippen LogP contribution in [0.1, 0.15) is 45.7 Å². The first-order valence-corrected chi connectivity index (χ1v) is 11.6. The number of para-hydroxylation sites is 1. The number of aromatic nitrogens is 1. The van der Waals surface area contributed by atoms with E-state index in [9.17, 15) is 14.7 Å². The van der Waals surface area contributed by atoms with Gasteiger partial charge in [-0.05, 0) is 30.3 Å². The molecule has 184 valence electrons. The Morgan fingerprint density at radius 2 is 2.03 bits per heavy atom. The first-order valence-electron chi connectivity index (χ1n) is 11.6. The maximum Gasteiger partial charge on any atom is 0.272 e. The number of aromatic hydroxyl groups is 1. The van der Waals surface area contributed by atoms with Crippen LogP contribution in [0.25, 0.3) is 10.9 Å². The highest BCUT2D eigenvalue weighted by molar-refractivity contribution is 6.05. The van der Waals surface area contributed by atoms with Crippen LogP contribution in [-0.2, 0) is 0 Å². The molecule has 1 saturated heterocycles. The SMILES string of the molecule is COc1cccc2c(O)cc(C(=O)N3CCC4(CC3)CC(=O)c3cc(C5=NNNN5)ccc3O4)nc12. The molecule has 2 aromatic carbocycles. The summed E-state index contributed by atoms with van der Waals surface area (Å²) in [7, 11) is 1.52. The number of hydrogen-bond donors (Lipinski definition) is 4. The maximum atomic E-state index is 13.3. The molecule has 4 N–H and O–H groups in total. The van der Waals surface area contributed by atoms with E-state index in [1.54, 1.807) is 35.2 Å². The zero-order valence-corrected chi connectivity index (χ0v) is 19.5. The third-order valence-corrected chi connectivity index (χ3v) is 6.95. The van der Waals surface area contributed by atoms with Gasteiger partial charge in [0.1, 0.15) is 34.1 Å². The number of ether oxygens (including phenoxy) is 2. The Balaban J connectivity index is 1.20. The number of amidine groups is 1. The van der Waals surface area contributed by atoms with Crippen LogP contribution in [0.15, 0.2) is 47.6 Å². The van der Waals surface area contributed by atoms with E-state index in [0.29, 0.717) is 59.7 Å². The fourth-order valence-electron chi connectivity index (χ4n) is 5.01. The monoisotopic (exact) mass is 488 g/mol. The van der Waals surface area contributed by atoms with Crippen molar-refractivity contribution in [3.8, 4) is 17.2 Å². The number of carbonyl (C=O) groups is 2. The third-order valence-electron chi connectivity index (χ3n) is 6.95. The van der Waals surface area contributed by atoms with E-state index in [1.165, 1.54) is 13.2 Å². The molecular weight excluding hydrogens is 464 g/mol. The molecule has 1 spiro atoms. The van der Waals surface area contributed by atoms with Crippen LogP contribution < -0.4 is 26.0 Å². The van der Waals surface area contributed by atoms with Crippen molar-refractivity contribution >= 4 is 28.4 Å². The highest BCUT2D eigenvalue weighted by Crippen LogP contribution is 2.40. The number of piperidine rings is 1. The molecule has 1 aromatic heterocycles. The summed E-state index contributed by atoms with van der Waals surface area (Å²) in [4.78, 5) is 32.5. The van der Waals surface area contributed by atoms with Crippen molar-refractivity contribution in [3.05, 3.63) is 59.3 Å². The molecule has 3 aliphatic rings. The average Bonchev–Trinajstić information content (AvgIpc) is 3.43. The number of hydrazine groups is 2. The van der Waals surface area contributed by atoms with Crippen molar-refractivity contribution in [2.24, 2.45) is 5.10 Å². The number of nitrogens with one attached hydrogen (secondary N) is 3. The van der Waals surface area contributed by atoms with Gasteiger partial charge in [-0.1, -0.05) is 6.07 Å². The molecule has 1 amide bonds. The van der Waals surface area contributed by atoms with Gasteiger partial charge in [-0.3, -0.25) is 15.0 Å². The second-order valence-electron chi connectivity index (χ2n) is 9.09. The second-order valence-corrected chi connectivity index (χ2v) is 9.09. The van der Waals surface area contributed by atoms with Crippen LogP contribution in [-0.4, -0.2) is 58.3 Å². The highest BCUT2D eigenvalue weighted by Gasteiger charge is 2.44. The van der Waals surface area contributed by atoms with Crippen LogP contribution in [0.5, 0.6) is 17.2 Å². The molecule has 3 aliphatic heterocycles. The maximum absolute atomic E-state index is 13.3. The van der Waals surface area contributed by atoms with E-state index < -0.39 is 5.60 Å². The molecule has 0 atom stereocenters. The van der Waals surface area contributed by atoms with Crippen molar-refractivity contribution in [1.82, 2.24) is 26.4 Å². The molecule has 1 fully saturated rings. The number of amides is 1. The molecule has 4 heterocycles. The smallest absolute Gasteiger partial charge is 0.272 e. The van der Waals surface area contributed by atoms with Crippen LogP contribution >= 0.6 is 0 Å². The number of benzene rings is 2. The summed E-state index contributed by atoms with van der Waals surface area (Å²) < 4.78 is 11.7. The number of Topliss-reactive ketones (excluding diaryl/α,β-unsaturated/α-hetero) is 1. The molecule has 3 aromatic rings. The number of rotatable bonds is 3. The van der Waals surface area contributed by atoms with E-state index in [1.807, 2.05) is 6.07 Å². The summed E-state index contributed by atoms with van der Waals surface area (Å²) in [6.07, 6.45) is 1.27. The van der Waals surface area contributed by atoms with Gasteiger partial charge in [0.2, 0.25) is 0 Å². The second kappa shape index (κ2) is 8.38. The predicted molar refractivity (Wildman–Crippen MR) is 130 cm³/mol. The zero-order valence-electron chi connectivity index (χ0n) is 19.5. The minimum atomic E-state index is -0.656. The molecular formula is C25H24N6O5. The number of methoxy groups -OCH3 is 1. The van der Waals surface area contributed by atoms with Crippen molar-refractivity contribution in [2.45, 2.75) is 24.9 Å². The Bertz CT molecular complexity index is 1430. The molecule has 0 unspecified atom stereocenters. The Hall–Kier alpha value is -4.38. The number of hydrazone groups is 1. The van der Waals surface area contributed by atoms with E-state index in [4.69, 9.17) is 9.47 Å². The summed E-state index contributed by atoms with van der Waals surface area (Å²) >= 11 is 0. The van der Waals surface area contributed by atoms with Gasteiger partial charge < -0.3 is 19.5 Å². The first kappa shape index (κ1) is 22.1. The Labute approximate surface area is 206 Å². The molecule has 0 radical (unpaired) electrons. The molecule has 0 aliphatic carbocycles. The zero-order chi connectivity index (χ0) is 24.9. The summed E-state index contributed by atoms with van der Waals surface area (Å²) in [5.74, 6) is 1.30. The Morgan fingerprint density at radius 3 is 2.78 bits per heavy atom. The van der Waals surface area contributed by atoms with E-state index in [2.05, 4.69) is 26.6 Å². The molecule has 36 heavy (non-hydrogen) atoms. The topological polar surface area (TPSA) is 137 Å². The number of carbonyl (C=O) groups excluding carboxylic acids is 2. The predicted octanol–water partition coefficient (Wildman–Crippen LogP) is 1.86. The summed E-state index contributed by atoms with van der Waals surface area (Å²) in [5.41, 5.74) is 9.36. The first-order chi connectivity index (χ1) is 17.5. The van der Waals surface area contributed by atoms with Crippen LogP contribution in [0.2, 0.25) is 0 Å². The van der Waals surface area contributed by atoms with Crippen LogP contribution in [0.4, 0.5) is 0 Å². The van der Waals surface area contributed by atoms with Gasteiger partial charge in [0.25, 0.3) is 5.91 Å². The summed E-state index contributed by atoms with van der Waals surface area (Å²) in [6.45, 7) is 0.813. The van der Waals surface area contributed by atoms with Gasteiger partial charge in [-0.25, -0.2) is 10.5 Å². The minimum absolute atomic E-state index is 0.00519.